The van der Waals surface area contributed by atoms with Gasteiger partial charge in [-0.05, 0) is 18.0 Å². The Morgan fingerprint density at radius 1 is 1.37 bits per heavy atom. The zero-order chi connectivity index (χ0) is 14.1. The van der Waals surface area contributed by atoms with E-state index in [1.54, 1.807) is 0 Å². The highest BCUT2D eigenvalue weighted by atomic mass is 28.1. The summed E-state index contributed by atoms with van der Waals surface area (Å²) in [5.41, 5.74) is 6.94. The average molecular weight is 281 g/mol. The van der Waals surface area contributed by atoms with Crippen LogP contribution in [-0.2, 0) is 20.9 Å². The van der Waals surface area contributed by atoms with Gasteiger partial charge in [0.15, 0.2) is 0 Å². The lowest BCUT2D eigenvalue weighted by atomic mass is 10.1. The van der Waals surface area contributed by atoms with Crippen LogP contribution in [0.15, 0.2) is 30.3 Å². The molecule has 2 N–H and O–H groups in total. The monoisotopic (exact) mass is 281 g/mol. The molecule has 0 saturated heterocycles. The normalized spacial score (nSPS) is 14.0. The number of ether oxygens (including phenoxy) is 2. The van der Waals surface area contributed by atoms with Crippen LogP contribution in [0.5, 0.6) is 0 Å². The van der Waals surface area contributed by atoms with E-state index in [0.29, 0.717) is 19.6 Å². The highest BCUT2D eigenvalue weighted by Gasteiger charge is 2.18. The topological polar surface area (TPSA) is 61.5 Å². The third-order valence-electron chi connectivity index (χ3n) is 2.74. The van der Waals surface area contributed by atoms with E-state index in [2.05, 4.69) is 0 Å². The highest BCUT2D eigenvalue weighted by molar-refractivity contribution is 6.08. The second kappa shape index (κ2) is 8.85. The summed E-state index contributed by atoms with van der Waals surface area (Å²) in [5, 5.41) is 0. The fourth-order valence-electron chi connectivity index (χ4n) is 1.64. The van der Waals surface area contributed by atoms with Gasteiger partial charge in [0.25, 0.3) is 0 Å². The van der Waals surface area contributed by atoms with Crippen molar-refractivity contribution >= 4 is 16.2 Å². The van der Waals surface area contributed by atoms with Crippen molar-refractivity contribution in [2.45, 2.75) is 32.2 Å². The number of esters is 1. The lowest BCUT2D eigenvalue weighted by molar-refractivity contribution is -0.148. The summed E-state index contributed by atoms with van der Waals surface area (Å²) in [7, 11) is 1.05. The van der Waals surface area contributed by atoms with Crippen molar-refractivity contribution in [2.24, 2.45) is 11.7 Å². The molecule has 0 heterocycles. The molecule has 2 unspecified atom stereocenters. The number of hydrogen-bond donors (Lipinski definition) is 1. The quantitative estimate of drug-likeness (QED) is 0.436. The minimum atomic E-state index is -0.446. The van der Waals surface area contributed by atoms with E-state index < -0.39 is 6.23 Å². The van der Waals surface area contributed by atoms with Crippen molar-refractivity contribution in [3.63, 3.8) is 0 Å². The Kier molecular flexibility index (Phi) is 7.40. The molecule has 0 radical (unpaired) electrons. The SMILES string of the molecule is CC(CC(N)OCc1ccccc1)C(=O)OCC[SiH3]. The molecule has 5 heteroatoms. The zero-order valence-electron chi connectivity index (χ0n) is 11.7. The molecule has 0 fully saturated rings. The largest absolute Gasteiger partial charge is 0.466 e. The van der Waals surface area contributed by atoms with Gasteiger partial charge in [0.1, 0.15) is 6.23 Å². The molecular weight excluding hydrogens is 258 g/mol. The zero-order valence-corrected chi connectivity index (χ0v) is 13.7. The molecule has 106 valence electrons. The van der Waals surface area contributed by atoms with Crippen molar-refractivity contribution in [1.82, 2.24) is 0 Å². The molecule has 0 bridgehead atoms. The molecular formula is C14H23NO3Si. The third kappa shape index (κ3) is 6.52. The summed E-state index contributed by atoms with van der Waals surface area (Å²) in [6.07, 6.45) is 0.0334. The molecule has 19 heavy (non-hydrogen) atoms. The van der Waals surface area contributed by atoms with Crippen LogP contribution in [0.25, 0.3) is 0 Å². The van der Waals surface area contributed by atoms with Gasteiger partial charge in [0, 0.05) is 10.2 Å². The van der Waals surface area contributed by atoms with Crippen LogP contribution in [0.3, 0.4) is 0 Å². The third-order valence-corrected chi connectivity index (χ3v) is 3.15. The van der Waals surface area contributed by atoms with Crippen LogP contribution >= 0.6 is 0 Å². The fourth-order valence-corrected chi connectivity index (χ4v) is 1.84. The Labute approximate surface area is 117 Å². The second-order valence-corrected chi connectivity index (χ2v) is 5.64. The van der Waals surface area contributed by atoms with Gasteiger partial charge in [-0.25, -0.2) is 0 Å². The maximum absolute atomic E-state index is 11.6. The van der Waals surface area contributed by atoms with Crippen molar-refractivity contribution < 1.29 is 14.3 Å². The van der Waals surface area contributed by atoms with E-state index >= 15 is 0 Å². The molecule has 0 aliphatic carbocycles. The molecule has 2 atom stereocenters. The molecule has 0 aliphatic rings. The summed E-state index contributed by atoms with van der Waals surface area (Å²) in [5.74, 6) is -0.409. The van der Waals surface area contributed by atoms with Crippen LogP contribution in [0, 0.1) is 5.92 Å². The lowest BCUT2D eigenvalue weighted by Crippen LogP contribution is -2.29. The van der Waals surface area contributed by atoms with E-state index in [4.69, 9.17) is 15.2 Å². The van der Waals surface area contributed by atoms with Gasteiger partial charge in [0.2, 0.25) is 0 Å². The van der Waals surface area contributed by atoms with Crippen molar-refractivity contribution in [1.29, 1.82) is 0 Å². The number of nitrogens with two attached hydrogens (primary N) is 1. The van der Waals surface area contributed by atoms with Crippen LogP contribution in [0.2, 0.25) is 6.04 Å². The Morgan fingerprint density at radius 2 is 2.05 bits per heavy atom. The molecule has 1 aromatic carbocycles. The number of hydrogen-bond acceptors (Lipinski definition) is 4. The molecule has 1 aromatic rings. The van der Waals surface area contributed by atoms with E-state index in [1.165, 1.54) is 0 Å². The summed E-state index contributed by atoms with van der Waals surface area (Å²) < 4.78 is 10.6. The van der Waals surface area contributed by atoms with Gasteiger partial charge in [-0.3, -0.25) is 4.79 Å². The van der Waals surface area contributed by atoms with Crippen molar-refractivity contribution in [3.05, 3.63) is 35.9 Å². The second-order valence-electron chi connectivity index (χ2n) is 4.64. The molecule has 0 spiro atoms. The molecule has 0 aliphatic heterocycles. The molecule has 4 nitrogen and oxygen atoms in total. The summed E-state index contributed by atoms with van der Waals surface area (Å²) in [4.78, 5) is 11.6. The number of rotatable bonds is 8. The number of carbonyl (C=O) groups is 1. The lowest BCUT2D eigenvalue weighted by Gasteiger charge is -2.17. The first-order valence-electron chi connectivity index (χ1n) is 6.71. The molecule has 0 amide bonds. The minimum absolute atomic E-state index is 0.186. The van der Waals surface area contributed by atoms with Crippen LogP contribution in [0.1, 0.15) is 18.9 Å². The first-order valence-corrected chi connectivity index (χ1v) is 8.12. The number of benzene rings is 1. The average Bonchev–Trinajstić information content (AvgIpc) is 2.43. The van der Waals surface area contributed by atoms with Crippen molar-refractivity contribution in [2.75, 3.05) is 6.61 Å². The van der Waals surface area contributed by atoms with E-state index in [-0.39, 0.29) is 11.9 Å². The first kappa shape index (κ1) is 15.9. The Hall–Kier alpha value is -1.17. The van der Waals surface area contributed by atoms with Gasteiger partial charge in [-0.15, -0.1) is 0 Å². The van der Waals surface area contributed by atoms with Gasteiger partial charge >= 0.3 is 5.97 Å². The molecule has 0 aromatic heterocycles. The maximum Gasteiger partial charge on any atom is 0.308 e. The van der Waals surface area contributed by atoms with Gasteiger partial charge in [0.05, 0.1) is 19.1 Å². The van der Waals surface area contributed by atoms with Gasteiger partial charge in [-0.1, -0.05) is 37.3 Å². The molecule has 1 rings (SSSR count). The molecule has 0 saturated carbocycles. The predicted molar refractivity (Wildman–Crippen MR) is 78.7 cm³/mol. The Morgan fingerprint density at radius 3 is 2.68 bits per heavy atom. The van der Waals surface area contributed by atoms with Gasteiger partial charge in [-0.2, -0.15) is 0 Å². The predicted octanol–water partition coefficient (Wildman–Crippen LogP) is 0.841. The summed E-state index contributed by atoms with van der Waals surface area (Å²) in [6, 6.07) is 10.8. The maximum atomic E-state index is 11.6. The summed E-state index contributed by atoms with van der Waals surface area (Å²) in [6.45, 7) is 2.81. The van der Waals surface area contributed by atoms with Crippen molar-refractivity contribution in [3.8, 4) is 0 Å². The fraction of sp³-hybridized carbons (Fsp3) is 0.500. The van der Waals surface area contributed by atoms with E-state index in [1.807, 2.05) is 37.3 Å². The van der Waals surface area contributed by atoms with Crippen LogP contribution < -0.4 is 5.73 Å². The highest BCUT2D eigenvalue weighted by Crippen LogP contribution is 2.10. The first-order chi connectivity index (χ1) is 9.13. The van der Waals surface area contributed by atoms with Crippen LogP contribution in [0.4, 0.5) is 0 Å². The van der Waals surface area contributed by atoms with E-state index in [0.717, 1.165) is 21.9 Å². The van der Waals surface area contributed by atoms with Crippen LogP contribution in [-0.4, -0.2) is 29.0 Å². The Bertz CT molecular complexity index is 372. The summed E-state index contributed by atoms with van der Waals surface area (Å²) >= 11 is 0. The standard InChI is InChI=1S/C14H23NO3Si/c1-11(14(16)17-7-8-19)9-13(15)18-10-12-5-3-2-4-6-12/h2-6,11,13H,7-10,15H2,1,19H3. The Balaban J connectivity index is 2.26. The smallest absolute Gasteiger partial charge is 0.308 e. The van der Waals surface area contributed by atoms with E-state index in [9.17, 15) is 4.79 Å². The minimum Gasteiger partial charge on any atom is -0.466 e. The number of carbonyl (C=O) groups excluding carboxylic acids is 1. The van der Waals surface area contributed by atoms with Gasteiger partial charge < -0.3 is 15.2 Å².